The molecule has 1 aliphatic rings. The van der Waals surface area contributed by atoms with Gasteiger partial charge in [0.05, 0.1) is 12.7 Å². The molecule has 1 saturated heterocycles. The first-order valence-electron chi connectivity index (χ1n) is 11.7. The maximum Gasteiger partial charge on any atom is 0.256 e. The van der Waals surface area contributed by atoms with Crippen molar-refractivity contribution >= 4 is 16.8 Å². The number of aromatic nitrogens is 1. The molecule has 2 heterocycles. The van der Waals surface area contributed by atoms with Crippen molar-refractivity contribution in [3.05, 3.63) is 65.9 Å². The van der Waals surface area contributed by atoms with Gasteiger partial charge >= 0.3 is 0 Å². The molecule has 1 aromatic heterocycles. The number of benzene rings is 2. The highest BCUT2D eigenvalue weighted by Crippen LogP contribution is 2.26. The minimum absolute atomic E-state index is 0.146. The van der Waals surface area contributed by atoms with Crippen LogP contribution in [0.5, 0.6) is 5.75 Å². The molecular formula is C27H35N3O2. The van der Waals surface area contributed by atoms with Crippen molar-refractivity contribution in [2.24, 2.45) is 11.8 Å². The molecular weight excluding hydrogens is 398 g/mol. The van der Waals surface area contributed by atoms with E-state index in [2.05, 4.69) is 40.8 Å². The van der Waals surface area contributed by atoms with Crippen LogP contribution in [0.2, 0.25) is 0 Å². The first kappa shape index (κ1) is 22.4. The van der Waals surface area contributed by atoms with Gasteiger partial charge < -0.3 is 14.6 Å². The van der Waals surface area contributed by atoms with E-state index in [1.54, 1.807) is 7.11 Å². The van der Waals surface area contributed by atoms with E-state index in [9.17, 15) is 4.79 Å². The number of amides is 1. The second-order valence-electron chi connectivity index (χ2n) is 9.38. The molecule has 5 heteroatoms. The first-order valence-corrected chi connectivity index (χ1v) is 11.7. The van der Waals surface area contributed by atoms with Gasteiger partial charge in [-0.05, 0) is 49.9 Å². The summed E-state index contributed by atoms with van der Waals surface area (Å²) >= 11 is 0. The van der Waals surface area contributed by atoms with Crippen LogP contribution in [-0.4, -0.2) is 54.0 Å². The highest BCUT2D eigenvalue weighted by Gasteiger charge is 2.26. The summed E-state index contributed by atoms with van der Waals surface area (Å²) in [5.74, 6) is 2.08. The van der Waals surface area contributed by atoms with Crippen molar-refractivity contribution in [2.75, 3.05) is 33.3 Å². The lowest BCUT2D eigenvalue weighted by Crippen LogP contribution is -2.42. The lowest BCUT2D eigenvalue weighted by molar-refractivity contribution is 0.0665. The van der Waals surface area contributed by atoms with Crippen molar-refractivity contribution in [1.82, 2.24) is 14.8 Å². The molecule has 5 nitrogen and oxygen atoms in total. The maximum atomic E-state index is 13.5. The van der Waals surface area contributed by atoms with Gasteiger partial charge in [0.1, 0.15) is 5.75 Å². The highest BCUT2D eigenvalue weighted by atomic mass is 16.5. The molecule has 3 aromatic rings. The number of ether oxygens (including phenoxy) is 1. The SMILES string of the molecule is COc1ccccc1CN1CCC(CN(CC(C)C)C(=O)c2c[nH]c3ccccc23)CC1. The van der Waals surface area contributed by atoms with Crippen LogP contribution >= 0.6 is 0 Å². The predicted molar refractivity (Wildman–Crippen MR) is 130 cm³/mol. The van der Waals surface area contributed by atoms with Crippen LogP contribution in [0.3, 0.4) is 0 Å². The molecule has 170 valence electrons. The highest BCUT2D eigenvalue weighted by molar-refractivity contribution is 6.06. The molecule has 0 aliphatic carbocycles. The summed E-state index contributed by atoms with van der Waals surface area (Å²) in [4.78, 5) is 21.3. The van der Waals surface area contributed by atoms with E-state index >= 15 is 0 Å². The number of rotatable bonds is 8. The lowest BCUT2D eigenvalue weighted by atomic mass is 9.95. The van der Waals surface area contributed by atoms with E-state index in [1.807, 2.05) is 42.6 Å². The predicted octanol–water partition coefficient (Wildman–Crippen LogP) is 5.19. The summed E-state index contributed by atoms with van der Waals surface area (Å²) < 4.78 is 5.52. The van der Waals surface area contributed by atoms with Crippen LogP contribution in [0.15, 0.2) is 54.7 Å². The molecule has 32 heavy (non-hydrogen) atoms. The van der Waals surface area contributed by atoms with Gasteiger partial charge in [0.2, 0.25) is 0 Å². The largest absolute Gasteiger partial charge is 0.496 e. The monoisotopic (exact) mass is 433 g/mol. The van der Waals surface area contributed by atoms with E-state index in [0.717, 1.165) is 67.8 Å². The number of fused-ring (bicyclic) bond motifs is 1. The number of carbonyl (C=O) groups is 1. The molecule has 1 N–H and O–H groups in total. The van der Waals surface area contributed by atoms with E-state index in [4.69, 9.17) is 4.74 Å². The molecule has 0 spiro atoms. The Bertz CT molecular complexity index is 1030. The van der Waals surface area contributed by atoms with Gasteiger partial charge in [0.25, 0.3) is 5.91 Å². The van der Waals surface area contributed by atoms with Gasteiger partial charge in [0.15, 0.2) is 0 Å². The number of hydrogen-bond acceptors (Lipinski definition) is 3. The number of likely N-dealkylation sites (tertiary alicyclic amines) is 1. The molecule has 1 amide bonds. The van der Waals surface area contributed by atoms with Crippen LogP contribution in [0, 0.1) is 11.8 Å². The van der Waals surface area contributed by atoms with Crippen molar-refractivity contribution in [3.63, 3.8) is 0 Å². The Morgan fingerprint density at radius 2 is 1.84 bits per heavy atom. The minimum atomic E-state index is 0.146. The second-order valence-corrected chi connectivity index (χ2v) is 9.38. The molecule has 1 aliphatic heterocycles. The van der Waals surface area contributed by atoms with Crippen molar-refractivity contribution < 1.29 is 9.53 Å². The number of hydrogen-bond donors (Lipinski definition) is 1. The fraction of sp³-hybridized carbons (Fsp3) is 0.444. The molecule has 0 saturated carbocycles. The summed E-state index contributed by atoms with van der Waals surface area (Å²) in [6.07, 6.45) is 4.10. The number of nitrogens with zero attached hydrogens (tertiary/aromatic N) is 2. The molecule has 0 radical (unpaired) electrons. The van der Waals surface area contributed by atoms with Crippen LogP contribution in [0.1, 0.15) is 42.6 Å². The Labute approximate surface area is 191 Å². The fourth-order valence-corrected chi connectivity index (χ4v) is 4.81. The third-order valence-corrected chi connectivity index (χ3v) is 6.46. The number of H-pyrrole nitrogens is 1. The van der Waals surface area contributed by atoms with Gasteiger partial charge in [-0.15, -0.1) is 0 Å². The van der Waals surface area contributed by atoms with E-state index in [1.165, 1.54) is 5.56 Å². The van der Waals surface area contributed by atoms with Crippen LogP contribution in [-0.2, 0) is 6.54 Å². The Kier molecular flexibility index (Phi) is 7.15. The number of aromatic amines is 1. The van der Waals surface area contributed by atoms with Gasteiger partial charge in [-0.3, -0.25) is 9.69 Å². The number of para-hydroxylation sites is 2. The standard InChI is InChI=1S/C27H35N3O2/c1-20(2)17-30(27(31)24-16-28-25-10-6-5-9-23(24)25)18-21-12-14-29(15-13-21)19-22-8-4-7-11-26(22)32-3/h4-11,16,20-21,28H,12-15,17-19H2,1-3H3. The van der Waals surface area contributed by atoms with E-state index in [-0.39, 0.29) is 5.91 Å². The molecule has 0 unspecified atom stereocenters. The summed E-state index contributed by atoms with van der Waals surface area (Å²) in [6.45, 7) is 9.02. The van der Waals surface area contributed by atoms with Gasteiger partial charge in [-0.2, -0.15) is 0 Å². The smallest absolute Gasteiger partial charge is 0.256 e. The minimum Gasteiger partial charge on any atom is -0.496 e. The van der Waals surface area contributed by atoms with Crippen LogP contribution in [0.25, 0.3) is 10.9 Å². The molecule has 4 rings (SSSR count). The van der Waals surface area contributed by atoms with Crippen molar-refractivity contribution in [3.8, 4) is 5.75 Å². The van der Waals surface area contributed by atoms with Gasteiger partial charge in [-0.1, -0.05) is 50.2 Å². The molecule has 0 atom stereocenters. The number of piperidine rings is 1. The van der Waals surface area contributed by atoms with E-state index < -0.39 is 0 Å². The van der Waals surface area contributed by atoms with Crippen molar-refractivity contribution in [1.29, 1.82) is 0 Å². The Morgan fingerprint density at radius 1 is 1.12 bits per heavy atom. The topological polar surface area (TPSA) is 48.6 Å². The third kappa shape index (κ3) is 5.16. The van der Waals surface area contributed by atoms with Crippen LogP contribution < -0.4 is 4.74 Å². The number of carbonyl (C=O) groups excluding carboxylic acids is 1. The first-order chi connectivity index (χ1) is 15.5. The molecule has 2 aromatic carbocycles. The molecule has 0 bridgehead atoms. The van der Waals surface area contributed by atoms with Gasteiger partial charge in [-0.25, -0.2) is 0 Å². The summed E-state index contributed by atoms with van der Waals surface area (Å²) in [7, 11) is 1.74. The Hall–Kier alpha value is -2.79. The number of nitrogens with one attached hydrogen (secondary N) is 1. The normalized spacial score (nSPS) is 15.4. The Balaban J connectivity index is 1.39. The maximum absolute atomic E-state index is 13.5. The summed E-state index contributed by atoms with van der Waals surface area (Å²) in [5.41, 5.74) is 3.05. The second kappa shape index (κ2) is 10.2. The summed E-state index contributed by atoms with van der Waals surface area (Å²) in [6, 6.07) is 16.3. The zero-order chi connectivity index (χ0) is 22.5. The van der Waals surface area contributed by atoms with E-state index in [0.29, 0.717) is 11.8 Å². The number of methoxy groups -OCH3 is 1. The van der Waals surface area contributed by atoms with Crippen molar-refractivity contribution in [2.45, 2.75) is 33.2 Å². The third-order valence-electron chi connectivity index (χ3n) is 6.46. The quantitative estimate of drug-likeness (QED) is 0.532. The lowest BCUT2D eigenvalue weighted by Gasteiger charge is -2.35. The average molecular weight is 434 g/mol. The molecule has 1 fully saturated rings. The average Bonchev–Trinajstić information content (AvgIpc) is 3.23. The zero-order valence-corrected chi connectivity index (χ0v) is 19.5. The zero-order valence-electron chi connectivity index (χ0n) is 19.5. The Morgan fingerprint density at radius 3 is 2.59 bits per heavy atom. The van der Waals surface area contributed by atoms with Crippen LogP contribution in [0.4, 0.5) is 0 Å². The summed E-state index contributed by atoms with van der Waals surface area (Å²) in [5, 5.41) is 1.01. The van der Waals surface area contributed by atoms with Gasteiger partial charge in [0, 0.05) is 42.3 Å². The fourth-order valence-electron chi connectivity index (χ4n) is 4.81.